The van der Waals surface area contributed by atoms with Gasteiger partial charge in [0.15, 0.2) is 5.96 Å². The molecule has 34 heavy (non-hydrogen) atoms. The lowest BCUT2D eigenvalue weighted by Gasteiger charge is -2.28. The Bertz CT molecular complexity index is 787. The number of carbonyl (C=O) groups excluding carboxylic acids is 4. The molecule has 0 aromatic heterocycles. The van der Waals surface area contributed by atoms with Crippen molar-refractivity contribution in [1.29, 1.82) is 0 Å². The predicted octanol–water partition coefficient (Wildman–Crippen LogP) is -4.33. The van der Waals surface area contributed by atoms with Gasteiger partial charge in [0.1, 0.15) is 18.1 Å². The highest BCUT2D eigenvalue weighted by Gasteiger charge is 2.38. The summed E-state index contributed by atoms with van der Waals surface area (Å²) in [5.74, 6) is -4.22. The van der Waals surface area contributed by atoms with Crippen molar-refractivity contribution in [2.24, 2.45) is 27.9 Å². The van der Waals surface area contributed by atoms with E-state index in [0.717, 1.165) is 0 Å². The lowest BCUT2D eigenvalue weighted by molar-refractivity contribution is -0.149. The number of rotatable bonds is 14. The topological polar surface area (TPSA) is 270 Å². The summed E-state index contributed by atoms with van der Waals surface area (Å²) in [7, 11) is 0. The van der Waals surface area contributed by atoms with Crippen molar-refractivity contribution >= 4 is 35.6 Å². The largest absolute Gasteiger partial charge is 0.480 e. The molecule has 192 valence electrons. The lowest BCUT2D eigenvalue weighted by Crippen LogP contribution is -2.58. The Hall–Kier alpha value is -3.46. The Kier molecular flexibility index (Phi) is 11.7. The monoisotopic (exact) mass is 486 g/mol. The van der Waals surface area contributed by atoms with Crippen molar-refractivity contribution in [3.63, 3.8) is 0 Å². The van der Waals surface area contributed by atoms with Crippen LogP contribution >= 0.6 is 0 Å². The average Bonchev–Trinajstić information content (AvgIpc) is 3.27. The fourth-order valence-electron chi connectivity index (χ4n) is 3.42. The van der Waals surface area contributed by atoms with Crippen LogP contribution in [-0.4, -0.2) is 94.5 Å². The van der Waals surface area contributed by atoms with Crippen molar-refractivity contribution in [1.82, 2.24) is 15.5 Å². The molecule has 0 saturated carbocycles. The van der Waals surface area contributed by atoms with Gasteiger partial charge in [-0.15, -0.1) is 0 Å². The zero-order valence-electron chi connectivity index (χ0n) is 18.8. The average molecular weight is 487 g/mol. The smallest absolute Gasteiger partial charge is 0.326 e. The summed E-state index contributed by atoms with van der Waals surface area (Å²) < 4.78 is 0. The van der Waals surface area contributed by atoms with Crippen LogP contribution in [0.3, 0.4) is 0 Å². The first-order valence-corrected chi connectivity index (χ1v) is 10.8. The second kappa shape index (κ2) is 13.9. The first-order valence-electron chi connectivity index (χ1n) is 10.8. The summed E-state index contributed by atoms with van der Waals surface area (Å²) in [6.45, 7) is -0.416. The lowest BCUT2D eigenvalue weighted by atomic mass is 10.1. The summed E-state index contributed by atoms with van der Waals surface area (Å²) >= 11 is 0. The van der Waals surface area contributed by atoms with Crippen LogP contribution in [0.1, 0.15) is 38.5 Å². The number of aliphatic carboxylic acids is 1. The first-order chi connectivity index (χ1) is 16.0. The Morgan fingerprint density at radius 1 is 1.03 bits per heavy atom. The fraction of sp³-hybridized carbons (Fsp3) is 0.684. The Balaban J connectivity index is 2.89. The zero-order valence-corrected chi connectivity index (χ0v) is 18.8. The maximum atomic E-state index is 13.1. The maximum Gasteiger partial charge on any atom is 0.326 e. The van der Waals surface area contributed by atoms with Gasteiger partial charge in [0.2, 0.25) is 23.6 Å². The molecule has 0 spiro atoms. The quantitative estimate of drug-likeness (QED) is 0.0664. The molecule has 1 aliphatic rings. The van der Waals surface area contributed by atoms with Crippen LogP contribution < -0.4 is 33.6 Å². The molecule has 15 nitrogen and oxygen atoms in total. The van der Waals surface area contributed by atoms with Gasteiger partial charge in [0, 0.05) is 19.5 Å². The summed E-state index contributed by atoms with van der Waals surface area (Å²) in [6, 6.07) is -4.74. The van der Waals surface area contributed by atoms with Gasteiger partial charge < -0.3 is 48.7 Å². The molecular weight excluding hydrogens is 452 g/mol. The van der Waals surface area contributed by atoms with Gasteiger partial charge in [-0.2, -0.15) is 0 Å². The van der Waals surface area contributed by atoms with Crippen LogP contribution in [0.15, 0.2) is 4.99 Å². The van der Waals surface area contributed by atoms with Crippen LogP contribution in [0.5, 0.6) is 0 Å². The molecule has 1 fully saturated rings. The molecule has 4 atom stereocenters. The van der Waals surface area contributed by atoms with Gasteiger partial charge in [0.05, 0.1) is 12.6 Å². The van der Waals surface area contributed by atoms with E-state index in [9.17, 15) is 34.2 Å². The number of hydrogen-bond donors (Lipinski definition) is 8. The second-order valence-electron chi connectivity index (χ2n) is 7.89. The minimum atomic E-state index is -1.44. The minimum Gasteiger partial charge on any atom is -0.480 e. The van der Waals surface area contributed by atoms with E-state index in [2.05, 4.69) is 15.6 Å². The summed E-state index contributed by atoms with van der Waals surface area (Å²) in [5, 5.41) is 23.7. The molecule has 1 aliphatic heterocycles. The van der Waals surface area contributed by atoms with Gasteiger partial charge in [-0.1, -0.05) is 0 Å². The Morgan fingerprint density at radius 2 is 1.68 bits per heavy atom. The predicted molar refractivity (Wildman–Crippen MR) is 120 cm³/mol. The fourth-order valence-corrected chi connectivity index (χ4v) is 3.42. The zero-order chi connectivity index (χ0) is 25.8. The molecule has 0 radical (unpaired) electrons. The van der Waals surface area contributed by atoms with Gasteiger partial charge in [0.25, 0.3) is 0 Å². The number of hydrogen-bond acceptors (Lipinski definition) is 8. The molecule has 0 aromatic carbocycles. The Morgan fingerprint density at radius 3 is 2.24 bits per heavy atom. The molecule has 0 aromatic rings. The number of likely N-dealkylation sites (tertiary alicyclic amines) is 1. The van der Waals surface area contributed by atoms with E-state index < -0.39 is 60.4 Å². The molecular formula is C19H34N8O7. The van der Waals surface area contributed by atoms with E-state index >= 15 is 0 Å². The number of aliphatic imine (C=N–C) groups is 1. The molecule has 12 N–H and O–H groups in total. The highest BCUT2D eigenvalue weighted by Crippen LogP contribution is 2.19. The third-order valence-corrected chi connectivity index (χ3v) is 5.23. The summed E-state index contributed by atoms with van der Waals surface area (Å²) in [6.07, 6.45) is 0.947. The second-order valence-corrected chi connectivity index (χ2v) is 7.89. The number of aliphatic hydroxyl groups is 1. The number of primary amides is 1. The van der Waals surface area contributed by atoms with E-state index in [4.69, 9.17) is 22.9 Å². The molecule has 0 bridgehead atoms. The van der Waals surface area contributed by atoms with Crippen LogP contribution in [0.2, 0.25) is 0 Å². The summed E-state index contributed by atoms with van der Waals surface area (Å²) in [5.41, 5.74) is 21.3. The van der Waals surface area contributed by atoms with Gasteiger partial charge in [-0.05, 0) is 32.1 Å². The van der Waals surface area contributed by atoms with Crippen molar-refractivity contribution in [3.8, 4) is 0 Å². The number of carboxylic acid groups (broad SMARTS) is 1. The molecule has 15 heteroatoms. The van der Waals surface area contributed by atoms with Crippen LogP contribution in [0, 0.1) is 0 Å². The third kappa shape index (κ3) is 9.19. The molecule has 1 rings (SSSR count). The number of nitrogens with one attached hydrogen (secondary N) is 2. The summed E-state index contributed by atoms with van der Waals surface area (Å²) in [4.78, 5) is 65.3. The van der Waals surface area contributed by atoms with Crippen molar-refractivity contribution in [2.45, 2.75) is 62.7 Å². The maximum absolute atomic E-state index is 13.1. The van der Waals surface area contributed by atoms with Crippen LogP contribution in [0.4, 0.5) is 0 Å². The van der Waals surface area contributed by atoms with Crippen LogP contribution in [0.25, 0.3) is 0 Å². The molecule has 1 heterocycles. The Labute approximate surface area is 196 Å². The van der Waals surface area contributed by atoms with Gasteiger partial charge in [-0.25, -0.2) is 4.79 Å². The number of nitrogens with zero attached hydrogens (tertiary/aromatic N) is 2. The molecule has 4 unspecified atom stereocenters. The van der Waals surface area contributed by atoms with Crippen LogP contribution in [-0.2, 0) is 24.0 Å². The van der Waals surface area contributed by atoms with E-state index in [-0.39, 0.29) is 51.2 Å². The number of aliphatic hydroxyl groups excluding tert-OH is 1. The highest BCUT2D eigenvalue weighted by atomic mass is 16.4. The number of carbonyl (C=O) groups is 5. The van der Waals surface area contributed by atoms with Crippen molar-refractivity contribution < 1.29 is 34.2 Å². The van der Waals surface area contributed by atoms with E-state index in [1.54, 1.807) is 0 Å². The molecule has 4 amide bonds. The highest BCUT2D eigenvalue weighted by molar-refractivity contribution is 5.94. The van der Waals surface area contributed by atoms with Gasteiger partial charge >= 0.3 is 5.97 Å². The third-order valence-electron chi connectivity index (χ3n) is 5.23. The minimum absolute atomic E-state index is 0.0572. The molecule has 0 aliphatic carbocycles. The standard InChI is InChI=1S/C19H34N8O7/c20-10(5-6-14(21)29)15(30)26-12(9-28)16(31)25-11(3-1-7-24-19(22)23)17(32)27-8-2-4-13(27)18(33)34/h10-13,28H,1-9,20H2,(H2,21,29)(H,25,31)(H,26,30)(H,33,34)(H4,22,23,24). The van der Waals surface area contributed by atoms with Crippen molar-refractivity contribution in [2.75, 3.05) is 19.7 Å². The number of amides is 4. The van der Waals surface area contributed by atoms with Crippen molar-refractivity contribution in [3.05, 3.63) is 0 Å². The normalized spacial score (nSPS) is 17.8. The van der Waals surface area contributed by atoms with E-state index in [0.29, 0.717) is 6.42 Å². The first kappa shape index (κ1) is 28.6. The number of guanidine groups is 1. The number of nitrogens with two attached hydrogens (primary N) is 4. The molecule has 1 saturated heterocycles. The van der Waals surface area contributed by atoms with Gasteiger partial charge in [-0.3, -0.25) is 24.2 Å². The van der Waals surface area contributed by atoms with E-state index in [1.807, 2.05) is 0 Å². The van der Waals surface area contributed by atoms with E-state index in [1.165, 1.54) is 4.90 Å². The number of carboxylic acids is 1. The SMILES string of the molecule is NC(=O)CCC(N)C(=O)NC(CO)C(=O)NC(CCCN=C(N)N)C(=O)N1CCCC1C(=O)O.